The zero-order valence-electron chi connectivity index (χ0n) is 11.0. The molecule has 0 atom stereocenters. The zero-order chi connectivity index (χ0) is 14.8. The normalized spacial score (nSPS) is 10.6. The van der Waals surface area contributed by atoms with Crippen LogP contribution in [0.15, 0.2) is 35.7 Å². The van der Waals surface area contributed by atoms with Gasteiger partial charge in [-0.3, -0.25) is 10.0 Å². The van der Waals surface area contributed by atoms with Crippen molar-refractivity contribution in [2.45, 2.75) is 6.92 Å². The second kappa shape index (κ2) is 5.43. The van der Waals surface area contributed by atoms with Crippen molar-refractivity contribution in [3.05, 3.63) is 46.8 Å². The molecule has 21 heavy (non-hydrogen) atoms. The van der Waals surface area contributed by atoms with Gasteiger partial charge in [-0.25, -0.2) is 5.48 Å². The van der Waals surface area contributed by atoms with Crippen molar-refractivity contribution in [2.24, 2.45) is 0 Å². The molecule has 0 aliphatic rings. The second-order valence-corrected chi connectivity index (χ2v) is 5.28. The standard InChI is InChI=1S/C13H11N5O2S/c1-8-7-9(4-5-10(8)13(19)15-20)18-12(14-16-17-18)11-3-2-6-21-11/h2-7,20H,1H3,(H,15,19). The number of hydrogen-bond donors (Lipinski definition) is 2. The first-order chi connectivity index (χ1) is 10.2. The highest BCUT2D eigenvalue weighted by atomic mass is 32.1. The Hall–Kier alpha value is -2.58. The van der Waals surface area contributed by atoms with E-state index in [9.17, 15) is 4.79 Å². The average molecular weight is 301 g/mol. The molecule has 3 rings (SSSR count). The van der Waals surface area contributed by atoms with E-state index in [-0.39, 0.29) is 0 Å². The predicted octanol–water partition coefficient (Wildman–Crippen LogP) is 1.82. The summed E-state index contributed by atoms with van der Waals surface area (Å²) in [6.45, 7) is 1.78. The molecule has 8 heteroatoms. The summed E-state index contributed by atoms with van der Waals surface area (Å²) in [5.74, 6) is 0.0954. The molecule has 0 unspecified atom stereocenters. The van der Waals surface area contributed by atoms with Gasteiger partial charge in [0.25, 0.3) is 5.91 Å². The van der Waals surface area contributed by atoms with Gasteiger partial charge in [0.15, 0.2) is 5.82 Å². The van der Waals surface area contributed by atoms with Crippen molar-refractivity contribution < 1.29 is 10.0 Å². The van der Waals surface area contributed by atoms with E-state index < -0.39 is 5.91 Å². The van der Waals surface area contributed by atoms with Crippen molar-refractivity contribution in [1.29, 1.82) is 0 Å². The van der Waals surface area contributed by atoms with Gasteiger partial charge in [-0.15, -0.1) is 16.4 Å². The highest BCUT2D eigenvalue weighted by Gasteiger charge is 2.14. The molecule has 1 amide bonds. The van der Waals surface area contributed by atoms with E-state index in [1.165, 1.54) is 0 Å². The lowest BCUT2D eigenvalue weighted by molar-refractivity contribution is 0.0705. The Morgan fingerprint density at radius 1 is 1.38 bits per heavy atom. The van der Waals surface area contributed by atoms with Crippen molar-refractivity contribution in [2.75, 3.05) is 0 Å². The van der Waals surface area contributed by atoms with Crippen LogP contribution in [0.4, 0.5) is 0 Å². The quantitative estimate of drug-likeness (QED) is 0.568. The fourth-order valence-corrected chi connectivity index (χ4v) is 2.71. The third kappa shape index (κ3) is 2.41. The number of benzene rings is 1. The van der Waals surface area contributed by atoms with Crippen molar-refractivity contribution in [1.82, 2.24) is 25.7 Å². The number of thiophene rings is 1. The summed E-state index contributed by atoms with van der Waals surface area (Å²) in [7, 11) is 0. The van der Waals surface area contributed by atoms with E-state index in [4.69, 9.17) is 5.21 Å². The minimum atomic E-state index is -0.547. The summed E-state index contributed by atoms with van der Waals surface area (Å²) in [5.41, 5.74) is 3.48. The fourth-order valence-electron chi connectivity index (χ4n) is 2.02. The predicted molar refractivity (Wildman–Crippen MR) is 76.5 cm³/mol. The largest absolute Gasteiger partial charge is 0.288 e. The van der Waals surface area contributed by atoms with E-state index in [0.717, 1.165) is 10.6 Å². The molecule has 0 aliphatic heterocycles. The Morgan fingerprint density at radius 2 is 2.24 bits per heavy atom. The molecule has 0 fully saturated rings. The molecule has 2 heterocycles. The lowest BCUT2D eigenvalue weighted by Crippen LogP contribution is -2.19. The molecule has 106 valence electrons. The number of nitrogens with one attached hydrogen (secondary N) is 1. The minimum absolute atomic E-state index is 0.395. The minimum Gasteiger partial charge on any atom is -0.288 e. The van der Waals surface area contributed by atoms with Gasteiger partial charge in [0, 0.05) is 5.56 Å². The van der Waals surface area contributed by atoms with Crippen LogP contribution in [-0.2, 0) is 0 Å². The number of nitrogens with zero attached hydrogens (tertiary/aromatic N) is 4. The molecule has 0 radical (unpaired) electrons. The SMILES string of the molecule is Cc1cc(-n2nnnc2-c2cccs2)ccc1C(=O)NO. The molecule has 0 spiro atoms. The van der Waals surface area contributed by atoms with Crippen LogP contribution >= 0.6 is 11.3 Å². The number of hydrogen-bond acceptors (Lipinski definition) is 6. The molecule has 0 aliphatic carbocycles. The van der Waals surface area contributed by atoms with Gasteiger partial charge < -0.3 is 0 Å². The lowest BCUT2D eigenvalue weighted by atomic mass is 10.1. The molecule has 0 saturated carbocycles. The van der Waals surface area contributed by atoms with Gasteiger partial charge >= 0.3 is 0 Å². The van der Waals surface area contributed by atoms with Gasteiger partial charge in [0.1, 0.15) is 0 Å². The van der Waals surface area contributed by atoms with Gasteiger partial charge in [0.2, 0.25) is 0 Å². The zero-order valence-corrected chi connectivity index (χ0v) is 11.8. The number of rotatable bonds is 3. The number of aryl methyl sites for hydroxylation is 1. The number of aromatic nitrogens is 4. The first kappa shape index (κ1) is 13.4. The average Bonchev–Trinajstić information content (AvgIpc) is 3.16. The summed E-state index contributed by atoms with van der Waals surface area (Å²) in [6, 6.07) is 9.01. The number of hydroxylamine groups is 1. The number of amides is 1. The number of tetrazole rings is 1. The molecule has 7 nitrogen and oxygen atoms in total. The lowest BCUT2D eigenvalue weighted by Gasteiger charge is -2.07. The first-order valence-corrected chi connectivity index (χ1v) is 6.96. The van der Waals surface area contributed by atoms with Crippen molar-refractivity contribution >= 4 is 17.2 Å². The highest BCUT2D eigenvalue weighted by Crippen LogP contribution is 2.24. The van der Waals surface area contributed by atoms with E-state index in [2.05, 4.69) is 15.5 Å². The molecule has 2 N–H and O–H groups in total. The van der Waals surface area contributed by atoms with E-state index in [0.29, 0.717) is 17.0 Å². The Bertz CT molecular complexity index is 782. The van der Waals surface area contributed by atoms with Crippen LogP contribution in [0.1, 0.15) is 15.9 Å². The topological polar surface area (TPSA) is 92.9 Å². The molecule has 1 aromatic carbocycles. The maximum absolute atomic E-state index is 11.5. The van der Waals surface area contributed by atoms with Crippen LogP contribution < -0.4 is 5.48 Å². The Kier molecular flexibility index (Phi) is 3.46. The van der Waals surface area contributed by atoms with Gasteiger partial charge in [-0.1, -0.05) is 6.07 Å². The maximum Gasteiger partial charge on any atom is 0.274 e. The first-order valence-electron chi connectivity index (χ1n) is 6.08. The van der Waals surface area contributed by atoms with E-state index in [1.807, 2.05) is 17.5 Å². The third-order valence-electron chi connectivity index (χ3n) is 3.01. The van der Waals surface area contributed by atoms with Crippen LogP contribution in [0.5, 0.6) is 0 Å². The summed E-state index contributed by atoms with van der Waals surface area (Å²) in [5, 5.41) is 22.4. The van der Waals surface area contributed by atoms with Crippen LogP contribution in [0.2, 0.25) is 0 Å². The van der Waals surface area contributed by atoms with Crippen molar-refractivity contribution in [3.8, 4) is 16.4 Å². The van der Waals surface area contributed by atoms with Gasteiger partial charge in [-0.2, -0.15) is 4.68 Å². The van der Waals surface area contributed by atoms with Crippen LogP contribution in [0, 0.1) is 6.92 Å². The van der Waals surface area contributed by atoms with Crippen LogP contribution in [0.3, 0.4) is 0 Å². The van der Waals surface area contributed by atoms with Crippen LogP contribution in [0.25, 0.3) is 16.4 Å². The van der Waals surface area contributed by atoms with Gasteiger partial charge in [0.05, 0.1) is 10.6 Å². The second-order valence-electron chi connectivity index (χ2n) is 4.33. The smallest absolute Gasteiger partial charge is 0.274 e. The Labute approximate surface area is 123 Å². The van der Waals surface area contributed by atoms with Crippen molar-refractivity contribution in [3.63, 3.8) is 0 Å². The molecule has 0 saturated heterocycles. The molecular formula is C13H11N5O2S. The van der Waals surface area contributed by atoms with Gasteiger partial charge in [-0.05, 0) is 52.6 Å². The summed E-state index contributed by atoms with van der Waals surface area (Å²) < 4.78 is 1.61. The fraction of sp³-hybridized carbons (Fsp3) is 0.0769. The molecule has 3 aromatic rings. The number of carbonyl (C=O) groups excluding carboxylic acids is 1. The third-order valence-corrected chi connectivity index (χ3v) is 3.88. The molecule has 2 aromatic heterocycles. The Morgan fingerprint density at radius 3 is 2.90 bits per heavy atom. The number of carbonyl (C=O) groups is 1. The van der Waals surface area contributed by atoms with Crippen LogP contribution in [-0.4, -0.2) is 31.3 Å². The van der Waals surface area contributed by atoms with E-state index in [1.54, 1.807) is 46.6 Å². The molecular weight excluding hydrogens is 290 g/mol. The molecule has 0 bridgehead atoms. The van der Waals surface area contributed by atoms with E-state index >= 15 is 0 Å². The summed E-state index contributed by atoms with van der Waals surface area (Å²) in [4.78, 5) is 12.4. The maximum atomic E-state index is 11.5. The monoisotopic (exact) mass is 301 g/mol. The highest BCUT2D eigenvalue weighted by molar-refractivity contribution is 7.13. The summed E-state index contributed by atoms with van der Waals surface area (Å²) >= 11 is 1.54. The summed E-state index contributed by atoms with van der Waals surface area (Å²) in [6.07, 6.45) is 0. The Balaban J connectivity index is 2.05.